The molecular weight excluding hydrogens is 345 g/mol. The van der Waals surface area contributed by atoms with E-state index in [1.807, 2.05) is 0 Å². The van der Waals surface area contributed by atoms with Crippen LogP contribution >= 0.6 is 0 Å². The number of fused-ring (bicyclic) bond motifs is 1. The summed E-state index contributed by atoms with van der Waals surface area (Å²) in [6, 6.07) is 10.9. The molecule has 3 aromatic rings. The number of benzene rings is 2. The van der Waals surface area contributed by atoms with Crippen LogP contribution in [0.5, 0.6) is 0 Å². The van der Waals surface area contributed by atoms with Crippen molar-refractivity contribution in [2.75, 3.05) is 12.3 Å². The summed E-state index contributed by atoms with van der Waals surface area (Å²) in [5.41, 5.74) is 7.37. The summed E-state index contributed by atoms with van der Waals surface area (Å²) in [5.74, 6) is 0. The van der Waals surface area contributed by atoms with E-state index >= 15 is 0 Å². The highest BCUT2D eigenvalue weighted by Gasteiger charge is 2.33. The molecule has 0 fully saturated rings. The molecule has 0 saturated carbocycles. The number of nitrogens with two attached hydrogens (primary N) is 1. The summed E-state index contributed by atoms with van der Waals surface area (Å²) in [6.07, 6.45) is -2.80. The lowest BCUT2D eigenvalue weighted by molar-refractivity contribution is -0.136. The molecule has 0 aliphatic carbocycles. The van der Waals surface area contributed by atoms with Crippen molar-refractivity contribution < 1.29 is 22.7 Å². The minimum atomic E-state index is -4.51. The molecule has 0 unspecified atom stereocenters. The van der Waals surface area contributed by atoms with E-state index in [0.717, 1.165) is 6.07 Å². The number of nitrogen functional groups attached to an aromatic ring is 1. The standard InChI is InChI=1S/C19H15F3N2O2/c20-19(21,22)16-6-2-5-15-17(12-3-1-4-14(23)9-12)13(7-8-26-11-25)10-24-18(15)16/h1-6,9-11H,7-8,23H2. The Morgan fingerprint density at radius 3 is 2.62 bits per heavy atom. The van der Waals surface area contributed by atoms with Crippen LogP contribution in [0.2, 0.25) is 0 Å². The highest BCUT2D eigenvalue weighted by molar-refractivity contribution is 5.98. The van der Waals surface area contributed by atoms with Gasteiger partial charge in [0.1, 0.15) is 0 Å². The summed E-state index contributed by atoms with van der Waals surface area (Å²) >= 11 is 0. The van der Waals surface area contributed by atoms with Crippen molar-refractivity contribution in [1.82, 2.24) is 4.98 Å². The van der Waals surface area contributed by atoms with Crippen LogP contribution in [0.1, 0.15) is 11.1 Å². The van der Waals surface area contributed by atoms with Crippen molar-refractivity contribution in [3.8, 4) is 11.1 Å². The maximum atomic E-state index is 13.3. The molecule has 0 amide bonds. The number of alkyl halides is 3. The number of aromatic nitrogens is 1. The number of carbonyl (C=O) groups is 1. The van der Waals surface area contributed by atoms with Crippen LogP contribution in [0.4, 0.5) is 18.9 Å². The number of nitrogens with zero attached hydrogens (tertiary/aromatic N) is 1. The lowest BCUT2D eigenvalue weighted by atomic mass is 9.93. The molecule has 134 valence electrons. The highest BCUT2D eigenvalue weighted by Crippen LogP contribution is 2.38. The molecule has 1 heterocycles. The van der Waals surface area contributed by atoms with Crippen LogP contribution in [0.15, 0.2) is 48.7 Å². The number of ether oxygens (including phenoxy) is 1. The molecule has 0 atom stereocenters. The van der Waals surface area contributed by atoms with Gasteiger partial charge in [-0.2, -0.15) is 13.2 Å². The zero-order valence-corrected chi connectivity index (χ0v) is 13.6. The predicted molar refractivity (Wildman–Crippen MR) is 92.3 cm³/mol. The second kappa shape index (κ2) is 7.03. The average molecular weight is 360 g/mol. The fourth-order valence-corrected chi connectivity index (χ4v) is 2.93. The Morgan fingerprint density at radius 1 is 1.15 bits per heavy atom. The lowest BCUT2D eigenvalue weighted by Gasteiger charge is -2.16. The number of hydrogen-bond acceptors (Lipinski definition) is 4. The first-order valence-electron chi connectivity index (χ1n) is 7.81. The lowest BCUT2D eigenvalue weighted by Crippen LogP contribution is -2.08. The van der Waals surface area contributed by atoms with Gasteiger partial charge in [-0.05, 0) is 34.9 Å². The number of anilines is 1. The van der Waals surface area contributed by atoms with Crippen molar-refractivity contribution >= 4 is 23.1 Å². The van der Waals surface area contributed by atoms with Crippen LogP contribution in [-0.2, 0) is 22.1 Å². The first-order valence-corrected chi connectivity index (χ1v) is 7.81. The van der Waals surface area contributed by atoms with Gasteiger partial charge in [0.2, 0.25) is 0 Å². The van der Waals surface area contributed by atoms with E-state index in [1.54, 1.807) is 30.3 Å². The number of pyridine rings is 1. The van der Waals surface area contributed by atoms with E-state index in [-0.39, 0.29) is 12.1 Å². The van der Waals surface area contributed by atoms with Gasteiger partial charge in [0.15, 0.2) is 0 Å². The molecule has 4 nitrogen and oxygen atoms in total. The average Bonchev–Trinajstić information content (AvgIpc) is 2.60. The van der Waals surface area contributed by atoms with Crippen LogP contribution < -0.4 is 5.73 Å². The zero-order chi connectivity index (χ0) is 18.7. The minimum Gasteiger partial charge on any atom is -0.468 e. The normalized spacial score (nSPS) is 11.5. The van der Waals surface area contributed by atoms with Crippen molar-refractivity contribution in [3.05, 3.63) is 59.8 Å². The monoisotopic (exact) mass is 360 g/mol. The molecule has 2 N–H and O–H groups in total. The zero-order valence-electron chi connectivity index (χ0n) is 13.6. The van der Waals surface area contributed by atoms with Crippen molar-refractivity contribution in [2.24, 2.45) is 0 Å². The molecular formula is C19H15F3N2O2. The predicted octanol–water partition coefficient (Wildman–Crippen LogP) is 4.22. The van der Waals surface area contributed by atoms with Crippen molar-refractivity contribution in [2.45, 2.75) is 12.6 Å². The first-order chi connectivity index (χ1) is 12.4. The summed E-state index contributed by atoms with van der Waals surface area (Å²) in [7, 11) is 0. The summed E-state index contributed by atoms with van der Waals surface area (Å²) in [5, 5.41) is 0.369. The first kappa shape index (κ1) is 17.7. The van der Waals surface area contributed by atoms with Gasteiger partial charge >= 0.3 is 6.18 Å². The van der Waals surface area contributed by atoms with Crippen LogP contribution in [-0.4, -0.2) is 18.1 Å². The van der Waals surface area contributed by atoms with Gasteiger partial charge in [-0.3, -0.25) is 9.78 Å². The van der Waals surface area contributed by atoms with Gasteiger partial charge in [0.05, 0.1) is 17.7 Å². The Balaban J connectivity index is 2.28. The molecule has 26 heavy (non-hydrogen) atoms. The maximum Gasteiger partial charge on any atom is 0.418 e. The SMILES string of the molecule is Nc1cccc(-c2c(CCOC=O)cnc3c(C(F)(F)F)cccc23)c1. The van der Waals surface area contributed by atoms with Crippen molar-refractivity contribution in [1.29, 1.82) is 0 Å². The Hall–Kier alpha value is -3.09. The third kappa shape index (κ3) is 3.46. The molecule has 0 bridgehead atoms. The summed E-state index contributed by atoms with van der Waals surface area (Å²) < 4.78 is 44.8. The molecule has 3 rings (SSSR count). The second-order valence-corrected chi connectivity index (χ2v) is 5.70. The molecule has 0 aliphatic heterocycles. The van der Waals surface area contributed by atoms with E-state index in [0.29, 0.717) is 40.7 Å². The van der Waals surface area contributed by atoms with E-state index in [1.165, 1.54) is 12.3 Å². The minimum absolute atomic E-state index is 0.102. The Bertz CT molecular complexity index is 955. The topological polar surface area (TPSA) is 65.2 Å². The van der Waals surface area contributed by atoms with Gasteiger partial charge in [0, 0.05) is 23.7 Å². The van der Waals surface area contributed by atoms with E-state index in [9.17, 15) is 18.0 Å². The summed E-state index contributed by atoms with van der Waals surface area (Å²) in [6.45, 7) is 0.432. The van der Waals surface area contributed by atoms with Crippen LogP contribution in [0.25, 0.3) is 22.0 Å². The van der Waals surface area contributed by atoms with Gasteiger partial charge in [-0.25, -0.2) is 0 Å². The van der Waals surface area contributed by atoms with Crippen LogP contribution in [0.3, 0.4) is 0 Å². The number of rotatable bonds is 5. The van der Waals surface area contributed by atoms with Gasteiger partial charge in [0.25, 0.3) is 6.47 Å². The third-order valence-corrected chi connectivity index (χ3v) is 4.01. The molecule has 2 aromatic carbocycles. The fraction of sp³-hybridized carbons (Fsp3) is 0.158. The number of hydrogen-bond donors (Lipinski definition) is 1. The second-order valence-electron chi connectivity index (χ2n) is 5.70. The highest BCUT2D eigenvalue weighted by atomic mass is 19.4. The number of halogens is 3. The van der Waals surface area contributed by atoms with E-state index in [4.69, 9.17) is 10.5 Å². The Labute approximate surface area is 147 Å². The quantitative estimate of drug-likeness (QED) is 0.420. The molecule has 0 spiro atoms. The van der Waals surface area contributed by atoms with Crippen LogP contribution in [0, 0.1) is 0 Å². The Kier molecular flexibility index (Phi) is 4.79. The van der Waals surface area contributed by atoms with Crippen molar-refractivity contribution in [3.63, 3.8) is 0 Å². The number of para-hydroxylation sites is 1. The largest absolute Gasteiger partial charge is 0.468 e. The number of carbonyl (C=O) groups excluding carboxylic acids is 1. The molecule has 0 aliphatic rings. The van der Waals surface area contributed by atoms with Gasteiger partial charge < -0.3 is 10.5 Å². The summed E-state index contributed by atoms with van der Waals surface area (Å²) in [4.78, 5) is 14.4. The van der Waals surface area contributed by atoms with Gasteiger partial charge in [-0.15, -0.1) is 0 Å². The van der Waals surface area contributed by atoms with E-state index < -0.39 is 11.7 Å². The maximum absolute atomic E-state index is 13.3. The Morgan fingerprint density at radius 2 is 1.92 bits per heavy atom. The van der Waals surface area contributed by atoms with E-state index in [2.05, 4.69) is 4.98 Å². The molecule has 0 saturated heterocycles. The fourth-order valence-electron chi connectivity index (χ4n) is 2.93. The molecule has 7 heteroatoms. The third-order valence-electron chi connectivity index (χ3n) is 4.01. The molecule has 1 aromatic heterocycles. The van der Waals surface area contributed by atoms with Gasteiger partial charge in [-0.1, -0.05) is 24.3 Å². The molecule has 0 radical (unpaired) electrons. The smallest absolute Gasteiger partial charge is 0.418 e.